The first-order valence-corrected chi connectivity index (χ1v) is 9.79. The minimum absolute atomic E-state index is 0.193. The van der Waals surface area contributed by atoms with E-state index in [0.29, 0.717) is 18.5 Å². The average Bonchev–Trinajstić information content (AvgIpc) is 3.09. The van der Waals surface area contributed by atoms with E-state index in [4.69, 9.17) is 9.31 Å². The fourth-order valence-electron chi connectivity index (χ4n) is 4.26. The number of hydrogen-bond donors (Lipinski definition) is 1. The Balaban J connectivity index is 1.64. The molecular weight excluding hydrogens is 359 g/mol. The van der Waals surface area contributed by atoms with Crippen LogP contribution in [0.2, 0.25) is 0 Å². The molecule has 1 aromatic rings. The lowest BCUT2D eigenvalue weighted by atomic mass is 9.75. The molecule has 3 aliphatic rings. The second kappa shape index (κ2) is 6.42. The molecule has 2 atom stereocenters. The van der Waals surface area contributed by atoms with Gasteiger partial charge in [-0.15, -0.1) is 0 Å². The van der Waals surface area contributed by atoms with Crippen LogP contribution in [0.3, 0.4) is 0 Å². The summed E-state index contributed by atoms with van der Waals surface area (Å²) < 4.78 is 12.5. The number of carbonyl (C=O) groups is 3. The van der Waals surface area contributed by atoms with Crippen molar-refractivity contribution in [2.24, 2.45) is 0 Å². The van der Waals surface area contributed by atoms with E-state index in [9.17, 15) is 14.4 Å². The molecule has 8 heteroatoms. The molecule has 7 nitrogen and oxygen atoms in total. The number of nitrogens with one attached hydrogen (secondary N) is 1. The monoisotopic (exact) mass is 384 g/mol. The molecule has 1 aromatic carbocycles. The molecule has 0 radical (unpaired) electrons. The van der Waals surface area contributed by atoms with Gasteiger partial charge in [0.2, 0.25) is 11.8 Å². The highest BCUT2D eigenvalue weighted by Crippen LogP contribution is 2.40. The third-order valence-electron chi connectivity index (χ3n) is 6.59. The average molecular weight is 384 g/mol. The Morgan fingerprint density at radius 1 is 1.21 bits per heavy atom. The third kappa shape index (κ3) is 2.78. The maximum atomic E-state index is 13.0. The van der Waals surface area contributed by atoms with Crippen molar-refractivity contribution in [2.75, 3.05) is 0 Å². The summed E-state index contributed by atoms with van der Waals surface area (Å²) in [5.41, 5.74) is 1.31. The van der Waals surface area contributed by atoms with E-state index in [0.717, 1.165) is 17.4 Å². The summed E-state index contributed by atoms with van der Waals surface area (Å²) in [5.74, 6) is -0.895. The van der Waals surface area contributed by atoms with Gasteiger partial charge in [0.1, 0.15) is 6.04 Å². The van der Waals surface area contributed by atoms with Gasteiger partial charge in [-0.05, 0) is 50.7 Å². The van der Waals surface area contributed by atoms with E-state index in [-0.39, 0.29) is 18.2 Å². The third-order valence-corrected chi connectivity index (χ3v) is 6.59. The summed E-state index contributed by atoms with van der Waals surface area (Å²) in [6, 6.07) is 4.88. The number of fused-ring (bicyclic) bond motifs is 1. The molecule has 2 fully saturated rings. The Hall–Kier alpha value is -2.19. The van der Waals surface area contributed by atoms with Crippen molar-refractivity contribution < 1.29 is 23.7 Å². The Morgan fingerprint density at radius 2 is 1.96 bits per heavy atom. The highest BCUT2D eigenvalue weighted by atomic mass is 16.7. The number of carbonyl (C=O) groups excluding carboxylic acids is 3. The number of benzene rings is 1. The SMILES string of the molecule is CCC1(C)OB(c2cccc3c2CN(C2CCC(=O)NC2=O)C3=O)OC1(C)C. The second-order valence-electron chi connectivity index (χ2n) is 8.44. The van der Waals surface area contributed by atoms with E-state index in [1.807, 2.05) is 32.9 Å². The van der Waals surface area contributed by atoms with E-state index >= 15 is 0 Å². The molecular formula is C20H25BN2O5. The van der Waals surface area contributed by atoms with Crippen molar-refractivity contribution in [3.05, 3.63) is 29.3 Å². The predicted molar refractivity (Wildman–Crippen MR) is 103 cm³/mol. The lowest BCUT2D eigenvalue weighted by Gasteiger charge is -2.35. The normalized spacial score (nSPS) is 29.3. The van der Waals surface area contributed by atoms with Crippen LogP contribution in [0.1, 0.15) is 62.9 Å². The molecule has 0 aliphatic carbocycles. The van der Waals surface area contributed by atoms with Gasteiger partial charge in [-0.3, -0.25) is 19.7 Å². The quantitative estimate of drug-likeness (QED) is 0.624. The smallest absolute Gasteiger partial charge is 0.399 e. The van der Waals surface area contributed by atoms with Crippen LogP contribution in [0.25, 0.3) is 0 Å². The van der Waals surface area contributed by atoms with Gasteiger partial charge in [-0.1, -0.05) is 19.1 Å². The van der Waals surface area contributed by atoms with E-state index in [2.05, 4.69) is 12.2 Å². The van der Waals surface area contributed by atoms with Crippen molar-refractivity contribution in [2.45, 2.75) is 70.7 Å². The first-order valence-electron chi connectivity index (χ1n) is 9.79. The standard InChI is InChI=1S/C20H25BN2O5/c1-5-20(4)19(2,3)27-21(28-20)14-8-6-7-12-13(14)11-23(18(12)26)15-9-10-16(24)22-17(15)25/h6-8,15H,5,9-11H2,1-4H3,(H,22,24,25). The minimum atomic E-state index is -0.631. The molecule has 0 saturated carbocycles. The van der Waals surface area contributed by atoms with Crippen molar-refractivity contribution >= 4 is 30.3 Å². The van der Waals surface area contributed by atoms with E-state index < -0.39 is 30.3 Å². The van der Waals surface area contributed by atoms with Crippen LogP contribution in [0.15, 0.2) is 18.2 Å². The molecule has 3 aliphatic heterocycles. The van der Waals surface area contributed by atoms with Crippen LogP contribution in [0.4, 0.5) is 0 Å². The Bertz CT molecular complexity index is 870. The summed E-state index contributed by atoms with van der Waals surface area (Å²) in [6.07, 6.45) is 1.38. The first-order chi connectivity index (χ1) is 13.2. The highest BCUT2D eigenvalue weighted by Gasteiger charge is 2.54. The molecule has 0 spiro atoms. The lowest BCUT2D eigenvalue weighted by molar-refractivity contribution is -0.136. The highest BCUT2D eigenvalue weighted by molar-refractivity contribution is 6.63. The van der Waals surface area contributed by atoms with Crippen molar-refractivity contribution in [1.82, 2.24) is 10.2 Å². The Morgan fingerprint density at radius 3 is 2.61 bits per heavy atom. The summed E-state index contributed by atoms with van der Waals surface area (Å²) >= 11 is 0. The molecule has 0 aromatic heterocycles. The Kier molecular flexibility index (Phi) is 4.39. The molecule has 4 rings (SSSR count). The summed E-state index contributed by atoms with van der Waals surface area (Å²) in [7, 11) is -0.565. The lowest BCUT2D eigenvalue weighted by Crippen LogP contribution is -2.52. The fourth-order valence-corrected chi connectivity index (χ4v) is 4.26. The van der Waals surface area contributed by atoms with Gasteiger partial charge < -0.3 is 14.2 Å². The van der Waals surface area contributed by atoms with Gasteiger partial charge in [-0.2, -0.15) is 0 Å². The number of imide groups is 1. The molecule has 28 heavy (non-hydrogen) atoms. The van der Waals surface area contributed by atoms with Gasteiger partial charge in [0.25, 0.3) is 5.91 Å². The van der Waals surface area contributed by atoms with Crippen LogP contribution in [-0.4, -0.2) is 47.0 Å². The molecule has 0 bridgehead atoms. The van der Waals surface area contributed by atoms with Crippen LogP contribution in [0, 0.1) is 0 Å². The minimum Gasteiger partial charge on any atom is -0.399 e. The molecule has 3 amide bonds. The van der Waals surface area contributed by atoms with Crippen LogP contribution >= 0.6 is 0 Å². The molecule has 148 valence electrons. The van der Waals surface area contributed by atoms with E-state index in [1.54, 1.807) is 11.0 Å². The largest absolute Gasteiger partial charge is 0.495 e. The maximum Gasteiger partial charge on any atom is 0.495 e. The van der Waals surface area contributed by atoms with Crippen LogP contribution in [0.5, 0.6) is 0 Å². The zero-order valence-corrected chi connectivity index (χ0v) is 16.7. The number of amides is 3. The molecule has 2 saturated heterocycles. The number of piperidine rings is 1. The Labute approximate surface area is 164 Å². The van der Waals surface area contributed by atoms with Gasteiger partial charge in [-0.25, -0.2) is 0 Å². The van der Waals surface area contributed by atoms with Crippen molar-refractivity contribution in [3.8, 4) is 0 Å². The van der Waals surface area contributed by atoms with Crippen molar-refractivity contribution in [1.29, 1.82) is 0 Å². The summed E-state index contributed by atoms with van der Waals surface area (Å²) in [6.45, 7) is 8.44. The maximum absolute atomic E-state index is 13.0. The zero-order valence-electron chi connectivity index (χ0n) is 16.7. The van der Waals surface area contributed by atoms with Gasteiger partial charge in [0, 0.05) is 18.5 Å². The number of rotatable bonds is 3. The predicted octanol–water partition coefficient (Wildman–Crippen LogP) is 1.14. The molecule has 3 heterocycles. The first kappa shape index (κ1) is 19.1. The molecule has 2 unspecified atom stereocenters. The number of hydrogen-bond acceptors (Lipinski definition) is 5. The zero-order chi connectivity index (χ0) is 20.3. The van der Waals surface area contributed by atoms with Crippen molar-refractivity contribution in [3.63, 3.8) is 0 Å². The second-order valence-corrected chi connectivity index (χ2v) is 8.44. The van der Waals surface area contributed by atoms with Gasteiger partial charge >= 0.3 is 7.12 Å². The van der Waals surface area contributed by atoms with Gasteiger partial charge in [0.05, 0.1) is 11.2 Å². The van der Waals surface area contributed by atoms with Crippen LogP contribution < -0.4 is 10.8 Å². The van der Waals surface area contributed by atoms with Crippen LogP contribution in [-0.2, 0) is 25.4 Å². The van der Waals surface area contributed by atoms with Gasteiger partial charge in [0.15, 0.2) is 0 Å². The van der Waals surface area contributed by atoms with E-state index in [1.165, 1.54) is 0 Å². The molecule has 1 N–H and O–H groups in total. The number of nitrogens with zero attached hydrogens (tertiary/aromatic N) is 1. The topological polar surface area (TPSA) is 84.9 Å². The fraction of sp³-hybridized carbons (Fsp3) is 0.550. The summed E-state index contributed by atoms with van der Waals surface area (Å²) in [5, 5.41) is 2.33. The summed E-state index contributed by atoms with van der Waals surface area (Å²) in [4.78, 5) is 38.2.